The number of nitrogens with one attached hydrogen (secondary N) is 2. The average molecular weight is 373 g/mol. The summed E-state index contributed by atoms with van der Waals surface area (Å²) < 4.78 is 0. The third kappa shape index (κ3) is 4.13. The van der Waals surface area contributed by atoms with Crippen molar-refractivity contribution in [3.8, 4) is 0 Å². The van der Waals surface area contributed by atoms with E-state index in [1.165, 1.54) is 0 Å². The molecule has 0 unspecified atom stereocenters. The summed E-state index contributed by atoms with van der Waals surface area (Å²) in [5, 5.41) is 13.6. The van der Waals surface area contributed by atoms with Crippen LogP contribution in [0.3, 0.4) is 0 Å². The fraction of sp³-hybridized carbons (Fsp3) is 0. The first-order valence-corrected chi connectivity index (χ1v) is 8.41. The first-order chi connectivity index (χ1) is 13.5. The second-order valence-electron chi connectivity index (χ2n) is 6.14. The van der Waals surface area contributed by atoms with Gasteiger partial charge in [0.2, 0.25) is 0 Å². The molecule has 0 fully saturated rings. The van der Waals surface area contributed by atoms with Gasteiger partial charge in [-0.3, -0.25) is 0 Å². The summed E-state index contributed by atoms with van der Waals surface area (Å²) in [6.07, 6.45) is 8.05. The molecule has 8 heteroatoms. The lowest BCUT2D eigenvalue weighted by atomic mass is 10.3. The molecule has 3 aromatic rings. The van der Waals surface area contributed by atoms with Gasteiger partial charge in [-0.1, -0.05) is 0 Å². The fourth-order valence-corrected chi connectivity index (χ4v) is 2.94. The van der Waals surface area contributed by atoms with Gasteiger partial charge in [0.25, 0.3) is 5.09 Å². The lowest BCUT2D eigenvalue weighted by Gasteiger charge is -1.86. The quantitative estimate of drug-likeness (QED) is 0.276. The van der Waals surface area contributed by atoms with Gasteiger partial charge in [0.05, 0.1) is 22.8 Å². The minimum absolute atomic E-state index is 0.915. The van der Waals surface area contributed by atoms with Gasteiger partial charge in [-0.25, -0.2) is 9.97 Å². The molecule has 0 aliphatic carbocycles. The monoisotopic (exact) mass is 373 g/mol. The molecular formula is C20H15N5O3. The topological polar surface area (TPSA) is 121 Å². The van der Waals surface area contributed by atoms with E-state index in [4.69, 9.17) is 15.3 Å². The highest BCUT2D eigenvalue weighted by atomic mass is 16.9. The predicted octanol–water partition coefficient (Wildman–Crippen LogP) is 4.31. The van der Waals surface area contributed by atoms with Crippen LogP contribution in [-0.4, -0.2) is 30.2 Å². The molecule has 0 spiro atoms. The third-order valence-electron chi connectivity index (χ3n) is 4.04. The van der Waals surface area contributed by atoms with Crippen LogP contribution < -0.4 is 0 Å². The Morgan fingerprint density at radius 1 is 0.679 bits per heavy atom. The molecule has 3 N–H and O–H groups in total. The number of rotatable bonds is 0. The van der Waals surface area contributed by atoms with E-state index in [0.29, 0.717) is 0 Å². The number of nitrogens with zero attached hydrogens (tertiary/aromatic N) is 3. The maximum Gasteiger partial charge on any atom is 0.291 e. The van der Waals surface area contributed by atoms with E-state index in [9.17, 15) is 0 Å². The number of aromatic amines is 2. The second-order valence-corrected chi connectivity index (χ2v) is 6.14. The number of hydrogen-bond donors (Lipinski definition) is 3. The van der Waals surface area contributed by atoms with Crippen molar-refractivity contribution in [3.05, 3.63) is 81.4 Å². The highest BCUT2D eigenvalue weighted by Crippen LogP contribution is 2.17. The van der Waals surface area contributed by atoms with Gasteiger partial charge < -0.3 is 15.2 Å². The van der Waals surface area contributed by atoms with Gasteiger partial charge in [0.1, 0.15) is 0 Å². The highest BCUT2D eigenvalue weighted by molar-refractivity contribution is 5.77. The van der Waals surface area contributed by atoms with Gasteiger partial charge in [0, 0.05) is 22.1 Å². The average Bonchev–Trinajstić information content (AvgIpc) is 3.39. The Kier molecular flexibility index (Phi) is 4.43. The van der Waals surface area contributed by atoms with E-state index in [2.05, 4.69) is 50.3 Å². The van der Waals surface area contributed by atoms with Crippen molar-refractivity contribution in [3.63, 3.8) is 0 Å². The van der Waals surface area contributed by atoms with E-state index in [0.717, 1.165) is 44.8 Å². The zero-order chi connectivity index (χ0) is 19.5. The van der Waals surface area contributed by atoms with Crippen LogP contribution in [-0.2, 0) is 0 Å². The summed E-state index contributed by atoms with van der Waals surface area (Å²) in [5.74, 6) is 0. The Hall–Kier alpha value is -4.20. The Morgan fingerprint density at radius 3 is 1.39 bits per heavy atom. The molecule has 5 rings (SSSR count). The van der Waals surface area contributed by atoms with Gasteiger partial charge in [-0.05, 0) is 72.8 Å². The van der Waals surface area contributed by atoms with Crippen LogP contribution >= 0.6 is 0 Å². The maximum absolute atomic E-state index is 8.36. The minimum Gasteiger partial charge on any atom is -0.355 e. The molecule has 2 aliphatic rings. The van der Waals surface area contributed by atoms with Crippen molar-refractivity contribution in [2.24, 2.45) is 0 Å². The summed E-state index contributed by atoms with van der Waals surface area (Å²) >= 11 is 0. The number of fused-ring (bicyclic) bond motifs is 8. The summed E-state index contributed by atoms with van der Waals surface area (Å²) in [6, 6.07) is 16.4. The summed E-state index contributed by atoms with van der Waals surface area (Å²) in [4.78, 5) is 24.4. The van der Waals surface area contributed by atoms with Crippen molar-refractivity contribution in [1.82, 2.24) is 19.9 Å². The van der Waals surface area contributed by atoms with E-state index < -0.39 is 5.09 Å². The Morgan fingerprint density at radius 2 is 1.00 bits per heavy atom. The van der Waals surface area contributed by atoms with Crippen molar-refractivity contribution in [2.45, 2.75) is 0 Å². The summed E-state index contributed by atoms with van der Waals surface area (Å²) in [6.45, 7) is 0. The second kappa shape index (κ2) is 7.20. The molecule has 2 aliphatic heterocycles. The van der Waals surface area contributed by atoms with Gasteiger partial charge in [0.15, 0.2) is 0 Å². The van der Waals surface area contributed by atoms with Crippen molar-refractivity contribution >= 4 is 46.4 Å². The molecule has 8 nitrogen and oxygen atoms in total. The molecule has 138 valence electrons. The van der Waals surface area contributed by atoms with Crippen molar-refractivity contribution in [2.75, 3.05) is 0 Å². The van der Waals surface area contributed by atoms with Crippen LogP contribution in [0.4, 0.5) is 0 Å². The molecular weight excluding hydrogens is 358 g/mol. The zero-order valence-corrected chi connectivity index (χ0v) is 14.5. The largest absolute Gasteiger partial charge is 0.355 e. The van der Waals surface area contributed by atoms with Crippen molar-refractivity contribution in [1.29, 1.82) is 0 Å². The third-order valence-corrected chi connectivity index (χ3v) is 4.04. The number of hydrogen-bond acceptors (Lipinski definition) is 4. The SMILES string of the molecule is C1=Cc2cc3ccc(cc4ccc(cc5nc(cc1n2)C=C5)[nH]4)[nH]3.O=[N+]([O-])O. The zero-order valence-electron chi connectivity index (χ0n) is 14.5. The van der Waals surface area contributed by atoms with Crippen LogP contribution in [0, 0.1) is 10.1 Å². The molecule has 0 amide bonds. The Bertz CT molecular complexity index is 1170. The fourth-order valence-electron chi connectivity index (χ4n) is 2.94. The van der Waals surface area contributed by atoms with Crippen LogP contribution in [0.15, 0.2) is 48.5 Å². The van der Waals surface area contributed by atoms with Gasteiger partial charge in [-0.2, -0.15) is 0 Å². The smallest absolute Gasteiger partial charge is 0.291 e. The minimum atomic E-state index is -1.50. The normalized spacial score (nSPS) is 11.7. The lowest BCUT2D eigenvalue weighted by Crippen LogP contribution is -1.81. The van der Waals surface area contributed by atoms with Crippen LogP contribution in [0.25, 0.3) is 46.4 Å². The Labute approximate surface area is 158 Å². The van der Waals surface area contributed by atoms with E-state index in [-0.39, 0.29) is 0 Å². The predicted molar refractivity (Wildman–Crippen MR) is 108 cm³/mol. The summed E-state index contributed by atoms with van der Waals surface area (Å²) in [7, 11) is 0. The van der Waals surface area contributed by atoms with Crippen LogP contribution in [0.1, 0.15) is 22.8 Å². The molecule has 28 heavy (non-hydrogen) atoms. The highest BCUT2D eigenvalue weighted by Gasteiger charge is 2.02. The van der Waals surface area contributed by atoms with Crippen molar-refractivity contribution < 1.29 is 10.3 Å². The number of H-pyrrole nitrogens is 2. The first kappa shape index (κ1) is 17.2. The first-order valence-electron chi connectivity index (χ1n) is 8.41. The molecule has 5 heterocycles. The standard InChI is InChI=1S/C20H14N4.HNO3/c1-2-14-10-16-5-6-18(23-16)12-20-8-7-19(24-20)11-17-4-3-15(22-17)9-13(1)21-14;2-1(3)4/h1-12,21-22H;(H,2,3,4). The molecule has 0 saturated carbocycles. The number of aromatic nitrogens is 4. The molecule has 8 bridgehead atoms. The lowest BCUT2D eigenvalue weighted by molar-refractivity contribution is -0.742. The van der Waals surface area contributed by atoms with Gasteiger partial charge >= 0.3 is 0 Å². The van der Waals surface area contributed by atoms with Crippen LogP contribution in [0.2, 0.25) is 0 Å². The molecule has 0 aromatic carbocycles. The molecule has 3 aromatic heterocycles. The van der Waals surface area contributed by atoms with E-state index in [1.54, 1.807) is 0 Å². The Balaban J connectivity index is 0.000000442. The maximum atomic E-state index is 8.36. The molecule has 0 saturated heterocycles. The molecule has 0 atom stereocenters. The summed E-state index contributed by atoms with van der Waals surface area (Å²) in [5.41, 5.74) is 7.86. The van der Waals surface area contributed by atoms with Crippen LogP contribution in [0.5, 0.6) is 0 Å². The molecule has 0 radical (unpaired) electrons. The van der Waals surface area contributed by atoms with Gasteiger partial charge in [-0.15, -0.1) is 10.1 Å². The van der Waals surface area contributed by atoms with E-state index >= 15 is 0 Å². The van der Waals surface area contributed by atoms with E-state index in [1.807, 2.05) is 42.5 Å².